The first-order valence-corrected chi connectivity index (χ1v) is 7.32. The van der Waals surface area contributed by atoms with Gasteiger partial charge in [-0.1, -0.05) is 6.92 Å². The molecule has 1 saturated heterocycles. The monoisotopic (exact) mass is 264 g/mol. The minimum atomic E-state index is 0.195. The number of carbonyl (C=O) groups is 1. The molecule has 106 valence electrons. The fourth-order valence-corrected chi connectivity index (χ4v) is 2.84. The fraction of sp³-hybridized carbons (Fsp3) is 0.733. The van der Waals surface area contributed by atoms with Crippen LogP contribution in [0.4, 0.5) is 0 Å². The minimum absolute atomic E-state index is 0.195. The Morgan fingerprint density at radius 1 is 1.47 bits per heavy atom. The first kappa shape index (κ1) is 14.3. The van der Waals surface area contributed by atoms with Gasteiger partial charge in [-0.3, -0.25) is 9.48 Å². The Morgan fingerprint density at radius 2 is 2.26 bits per heavy atom. The van der Waals surface area contributed by atoms with Gasteiger partial charge >= 0.3 is 0 Å². The van der Waals surface area contributed by atoms with E-state index in [1.807, 2.05) is 25.5 Å². The Balaban J connectivity index is 1.94. The van der Waals surface area contributed by atoms with Crippen molar-refractivity contribution in [2.24, 2.45) is 0 Å². The molecule has 1 aliphatic heterocycles. The highest BCUT2D eigenvalue weighted by atomic mass is 16.5. The van der Waals surface area contributed by atoms with E-state index in [2.05, 4.69) is 5.10 Å². The van der Waals surface area contributed by atoms with E-state index < -0.39 is 0 Å². The van der Waals surface area contributed by atoms with Gasteiger partial charge in [0.15, 0.2) is 5.78 Å². The van der Waals surface area contributed by atoms with Gasteiger partial charge in [-0.05, 0) is 39.5 Å². The fourth-order valence-electron chi connectivity index (χ4n) is 2.84. The van der Waals surface area contributed by atoms with E-state index in [-0.39, 0.29) is 5.78 Å². The third-order valence-corrected chi connectivity index (χ3v) is 3.90. The summed E-state index contributed by atoms with van der Waals surface area (Å²) in [4.78, 5) is 11.9. The second kappa shape index (κ2) is 6.33. The van der Waals surface area contributed by atoms with Crippen molar-refractivity contribution in [3.8, 4) is 0 Å². The topological polar surface area (TPSA) is 44.1 Å². The summed E-state index contributed by atoms with van der Waals surface area (Å²) in [5, 5.41) is 4.50. The molecule has 0 N–H and O–H groups in total. The number of carbonyl (C=O) groups excluding carboxylic acids is 1. The highest BCUT2D eigenvalue weighted by Gasteiger charge is 2.18. The summed E-state index contributed by atoms with van der Waals surface area (Å²) < 4.78 is 7.60. The van der Waals surface area contributed by atoms with Gasteiger partial charge in [0.2, 0.25) is 0 Å². The quantitative estimate of drug-likeness (QED) is 0.742. The molecule has 19 heavy (non-hydrogen) atoms. The molecular formula is C15H24N2O2. The molecule has 2 rings (SSSR count). The van der Waals surface area contributed by atoms with Crippen LogP contribution in [-0.4, -0.2) is 28.3 Å². The summed E-state index contributed by atoms with van der Waals surface area (Å²) >= 11 is 0. The summed E-state index contributed by atoms with van der Waals surface area (Å²) in [7, 11) is 0. The van der Waals surface area contributed by atoms with E-state index in [9.17, 15) is 4.79 Å². The third-order valence-electron chi connectivity index (χ3n) is 3.90. The molecule has 1 unspecified atom stereocenters. The number of rotatable bonds is 6. The maximum absolute atomic E-state index is 11.9. The van der Waals surface area contributed by atoms with Crippen LogP contribution in [0.25, 0.3) is 0 Å². The molecule has 0 spiro atoms. The molecule has 4 heteroatoms. The van der Waals surface area contributed by atoms with Crippen LogP contribution in [0.1, 0.15) is 60.8 Å². The van der Waals surface area contributed by atoms with Crippen molar-refractivity contribution in [2.45, 2.75) is 65.5 Å². The van der Waals surface area contributed by atoms with E-state index in [1.165, 1.54) is 12.8 Å². The summed E-state index contributed by atoms with van der Waals surface area (Å²) in [5.41, 5.74) is 2.69. The lowest BCUT2D eigenvalue weighted by Crippen LogP contribution is -2.09. The van der Waals surface area contributed by atoms with Crippen LogP contribution in [0, 0.1) is 13.8 Å². The number of aryl methyl sites for hydroxylation is 2. The van der Waals surface area contributed by atoms with Crippen molar-refractivity contribution in [1.29, 1.82) is 0 Å². The van der Waals surface area contributed by atoms with Crippen molar-refractivity contribution in [2.75, 3.05) is 6.61 Å². The molecule has 1 aliphatic rings. The summed E-state index contributed by atoms with van der Waals surface area (Å²) in [6.07, 6.45) is 5.52. The lowest BCUT2D eigenvalue weighted by Gasteiger charge is -2.09. The van der Waals surface area contributed by atoms with E-state index in [0.717, 1.165) is 42.9 Å². The van der Waals surface area contributed by atoms with Gasteiger partial charge in [0, 0.05) is 25.3 Å². The number of aromatic nitrogens is 2. The molecule has 1 aromatic heterocycles. The predicted octanol–water partition coefficient (Wildman–Crippen LogP) is 3.05. The summed E-state index contributed by atoms with van der Waals surface area (Å²) in [5.74, 6) is 0.195. The highest BCUT2D eigenvalue weighted by molar-refractivity contribution is 5.97. The van der Waals surface area contributed by atoms with Crippen LogP contribution in [0.3, 0.4) is 0 Å². The van der Waals surface area contributed by atoms with Gasteiger partial charge in [0.05, 0.1) is 17.4 Å². The minimum Gasteiger partial charge on any atom is -0.378 e. The lowest BCUT2D eigenvalue weighted by molar-refractivity contribution is 0.0985. The highest BCUT2D eigenvalue weighted by Crippen LogP contribution is 2.19. The van der Waals surface area contributed by atoms with Crippen LogP contribution in [0.2, 0.25) is 0 Å². The SMILES string of the molecule is CCC(=O)c1c(C)nn(CCCC2CCCO2)c1C. The first-order chi connectivity index (χ1) is 9.13. The van der Waals surface area contributed by atoms with Crippen LogP contribution < -0.4 is 0 Å². The molecule has 0 amide bonds. The smallest absolute Gasteiger partial charge is 0.166 e. The average molecular weight is 264 g/mol. The summed E-state index contributed by atoms with van der Waals surface area (Å²) in [6.45, 7) is 7.61. The van der Waals surface area contributed by atoms with Crippen LogP contribution in [0.15, 0.2) is 0 Å². The molecule has 0 aliphatic carbocycles. The molecule has 0 saturated carbocycles. The van der Waals surface area contributed by atoms with Crippen LogP contribution >= 0.6 is 0 Å². The Hall–Kier alpha value is -1.16. The zero-order valence-electron chi connectivity index (χ0n) is 12.2. The Bertz CT molecular complexity index is 445. The zero-order chi connectivity index (χ0) is 13.8. The van der Waals surface area contributed by atoms with Gasteiger partial charge in [-0.25, -0.2) is 0 Å². The molecule has 1 atom stereocenters. The maximum Gasteiger partial charge on any atom is 0.166 e. The van der Waals surface area contributed by atoms with Crippen molar-refractivity contribution in [3.63, 3.8) is 0 Å². The normalized spacial score (nSPS) is 19.0. The van der Waals surface area contributed by atoms with Gasteiger partial charge < -0.3 is 4.74 Å². The molecule has 2 heterocycles. The zero-order valence-corrected chi connectivity index (χ0v) is 12.2. The van der Waals surface area contributed by atoms with Gasteiger partial charge in [0.1, 0.15) is 0 Å². The van der Waals surface area contributed by atoms with Gasteiger partial charge in [-0.15, -0.1) is 0 Å². The van der Waals surface area contributed by atoms with Crippen molar-refractivity contribution in [1.82, 2.24) is 9.78 Å². The van der Waals surface area contributed by atoms with E-state index >= 15 is 0 Å². The second-order valence-corrected chi connectivity index (χ2v) is 5.32. The van der Waals surface area contributed by atoms with E-state index in [0.29, 0.717) is 12.5 Å². The molecule has 4 nitrogen and oxygen atoms in total. The number of ether oxygens (including phenoxy) is 1. The maximum atomic E-state index is 11.9. The van der Waals surface area contributed by atoms with Crippen molar-refractivity contribution < 1.29 is 9.53 Å². The molecule has 0 bridgehead atoms. The average Bonchev–Trinajstić information content (AvgIpc) is 2.98. The number of hydrogen-bond donors (Lipinski definition) is 0. The van der Waals surface area contributed by atoms with E-state index in [4.69, 9.17) is 4.74 Å². The molecular weight excluding hydrogens is 240 g/mol. The van der Waals surface area contributed by atoms with E-state index in [1.54, 1.807) is 0 Å². The predicted molar refractivity (Wildman–Crippen MR) is 74.5 cm³/mol. The number of Topliss-reactive ketones (excluding diaryl/α,β-unsaturated/α-hetero) is 1. The number of ketones is 1. The Morgan fingerprint density at radius 3 is 2.89 bits per heavy atom. The molecule has 1 fully saturated rings. The van der Waals surface area contributed by atoms with Crippen molar-refractivity contribution in [3.05, 3.63) is 17.0 Å². The molecule has 1 aromatic rings. The second-order valence-electron chi connectivity index (χ2n) is 5.32. The van der Waals surface area contributed by atoms with Gasteiger partial charge in [-0.2, -0.15) is 5.10 Å². The van der Waals surface area contributed by atoms with Gasteiger partial charge in [0.25, 0.3) is 0 Å². The standard InChI is InChI=1S/C15H24N2O2/c1-4-14(18)15-11(2)16-17(12(15)3)9-5-7-13-8-6-10-19-13/h13H,4-10H2,1-3H3. The first-order valence-electron chi connectivity index (χ1n) is 7.32. The van der Waals surface area contributed by atoms with Crippen LogP contribution in [-0.2, 0) is 11.3 Å². The summed E-state index contributed by atoms with van der Waals surface area (Å²) in [6, 6.07) is 0. The third kappa shape index (κ3) is 3.24. The lowest BCUT2D eigenvalue weighted by atomic mass is 10.1. The van der Waals surface area contributed by atoms with Crippen molar-refractivity contribution >= 4 is 5.78 Å². The Labute approximate surface area is 115 Å². The molecule has 0 aromatic carbocycles. The Kier molecular flexibility index (Phi) is 4.75. The molecule has 0 radical (unpaired) electrons. The van der Waals surface area contributed by atoms with Crippen LogP contribution in [0.5, 0.6) is 0 Å². The number of hydrogen-bond acceptors (Lipinski definition) is 3. The largest absolute Gasteiger partial charge is 0.378 e. The number of nitrogens with zero attached hydrogens (tertiary/aromatic N) is 2.